The molecule has 1 amide bonds. The smallest absolute Gasteiger partial charge is 0.237 e. The van der Waals surface area contributed by atoms with Crippen LogP contribution in [0.2, 0.25) is 0 Å². The highest BCUT2D eigenvalue weighted by Gasteiger charge is 2.32. The lowest BCUT2D eigenvalue weighted by Gasteiger charge is -2.37. The van der Waals surface area contributed by atoms with Crippen LogP contribution in [0.3, 0.4) is 0 Å². The lowest BCUT2D eigenvalue weighted by atomic mass is 9.75. The first-order valence-electron chi connectivity index (χ1n) is 8.40. The van der Waals surface area contributed by atoms with Gasteiger partial charge in [0.25, 0.3) is 0 Å². The molecule has 4 nitrogen and oxygen atoms in total. The van der Waals surface area contributed by atoms with Gasteiger partial charge in [0.1, 0.15) is 0 Å². The monoisotopic (exact) mass is 298 g/mol. The summed E-state index contributed by atoms with van der Waals surface area (Å²) in [5, 5.41) is 3.02. The molecule has 0 aromatic rings. The Hall–Kier alpha value is -0.610. The molecule has 0 saturated heterocycles. The molecule has 4 heteroatoms. The van der Waals surface area contributed by atoms with Crippen LogP contribution in [0.25, 0.3) is 0 Å². The maximum absolute atomic E-state index is 11.5. The number of hydrogen-bond acceptors (Lipinski definition) is 3. The highest BCUT2D eigenvalue weighted by atomic mass is 16.5. The molecule has 0 aromatic heterocycles. The van der Waals surface area contributed by atoms with E-state index in [4.69, 9.17) is 10.5 Å². The van der Waals surface area contributed by atoms with Crippen LogP contribution in [-0.4, -0.2) is 31.2 Å². The second-order valence-corrected chi connectivity index (χ2v) is 7.29. The molecular formula is C17H34N2O2. The second kappa shape index (κ2) is 8.14. The van der Waals surface area contributed by atoms with Crippen molar-refractivity contribution in [2.45, 2.75) is 71.4 Å². The molecule has 21 heavy (non-hydrogen) atoms. The Bertz CT molecular complexity index is 333. The van der Waals surface area contributed by atoms with E-state index in [1.54, 1.807) is 7.05 Å². The third-order valence-electron chi connectivity index (χ3n) is 5.21. The van der Waals surface area contributed by atoms with Crippen LogP contribution in [0.1, 0.15) is 59.8 Å². The maximum atomic E-state index is 11.5. The number of nitrogens with two attached hydrogens (primary N) is 1. The first kappa shape index (κ1) is 18.4. The van der Waals surface area contributed by atoms with Crippen molar-refractivity contribution in [3.8, 4) is 0 Å². The minimum Gasteiger partial charge on any atom is -0.378 e. The van der Waals surface area contributed by atoms with Crippen molar-refractivity contribution in [2.75, 3.05) is 13.7 Å². The van der Waals surface area contributed by atoms with Gasteiger partial charge in [0, 0.05) is 6.61 Å². The lowest BCUT2D eigenvalue weighted by Crippen LogP contribution is -2.51. The number of nitrogens with one attached hydrogen (secondary N) is 1. The van der Waals surface area contributed by atoms with Gasteiger partial charge in [-0.25, -0.2) is 0 Å². The van der Waals surface area contributed by atoms with E-state index in [1.807, 2.05) is 6.92 Å². The van der Waals surface area contributed by atoms with Crippen LogP contribution in [0.15, 0.2) is 0 Å². The molecular weight excluding hydrogens is 264 g/mol. The zero-order chi connectivity index (χ0) is 16.0. The molecule has 1 rings (SSSR count). The number of likely N-dealkylation sites (N-methyl/N-ethyl adjacent to an activating group) is 1. The number of carbonyl (C=O) groups is 1. The summed E-state index contributed by atoms with van der Waals surface area (Å²) in [5.41, 5.74) is 4.82. The van der Waals surface area contributed by atoms with Gasteiger partial charge in [-0.2, -0.15) is 0 Å². The fourth-order valence-corrected chi connectivity index (χ4v) is 3.34. The van der Waals surface area contributed by atoms with Crippen molar-refractivity contribution in [3.05, 3.63) is 0 Å². The van der Waals surface area contributed by atoms with Crippen molar-refractivity contribution < 1.29 is 9.53 Å². The van der Waals surface area contributed by atoms with Gasteiger partial charge in [-0.05, 0) is 57.4 Å². The average Bonchev–Trinajstić information content (AvgIpc) is 2.42. The van der Waals surface area contributed by atoms with E-state index in [0.29, 0.717) is 31.0 Å². The van der Waals surface area contributed by atoms with E-state index in [0.717, 1.165) is 12.3 Å². The highest BCUT2D eigenvalue weighted by Crippen LogP contribution is 2.35. The Morgan fingerprint density at radius 1 is 1.43 bits per heavy atom. The molecule has 4 atom stereocenters. The van der Waals surface area contributed by atoms with Crippen LogP contribution < -0.4 is 11.1 Å². The first-order valence-corrected chi connectivity index (χ1v) is 8.40. The Balaban J connectivity index is 2.41. The molecule has 1 aliphatic rings. The largest absolute Gasteiger partial charge is 0.378 e. The number of hydrogen-bond donors (Lipinski definition) is 2. The second-order valence-electron chi connectivity index (χ2n) is 7.29. The van der Waals surface area contributed by atoms with E-state index in [-0.39, 0.29) is 5.91 Å². The van der Waals surface area contributed by atoms with Gasteiger partial charge < -0.3 is 15.8 Å². The third kappa shape index (κ3) is 5.26. The summed E-state index contributed by atoms with van der Waals surface area (Å²) in [5.74, 6) is 1.82. The van der Waals surface area contributed by atoms with Gasteiger partial charge in [-0.1, -0.05) is 27.2 Å². The molecule has 4 unspecified atom stereocenters. The van der Waals surface area contributed by atoms with Gasteiger partial charge in [-0.3, -0.25) is 4.79 Å². The molecule has 0 heterocycles. The fraction of sp³-hybridized carbons (Fsp3) is 0.941. The van der Waals surface area contributed by atoms with E-state index < -0.39 is 5.54 Å². The molecule has 1 fully saturated rings. The van der Waals surface area contributed by atoms with Crippen molar-refractivity contribution >= 4 is 5.91 Å². The predicted molar refractivity (Wildman–Crippen MR) is 87.0 cm³/mol. The van der Waals surface area contributed by atoms with E-state index >= 15 is 0 Å². The van der Waals surface area contributed by atoms with Crippen molar-refractivity contribution in [1.29, 1.82) is 0 Å². The van der Waals surface area contributed by atoms with Crippen LogP contribution in [0, 0.1) is 17.8 Å². The molecule has 0 bridgehead atoms. The summed E-state index contributed by atoms with van der Waals surface area (Å²) in [6.45, 7) is 9.47. The summed E-state index contributed by atoms with van der Waals surface area (Å²) in [7, 11) is 1.78. The number of primary amides is 1. The molecule has 0 spiro atoms. The van der Waals surface area contributed by atoms with Crippen molar-refractivity contribution in [1.82, 2.24) is 5.32 Å². The van der Waals surface area contributed by atoms with E-state index in [9.17, 15) is 4.79 Å². The normalized spacial score (nSPS) is 29.3. The molecule has 124 valence electrons. The first-order chi connectivity index (χ1) is 9.80. The van der Waals surface area contributed by atoms with Crippen LogP contribution in [0.5, 0.6) is 0 Å². The zero-order valence-electron chi connectivity index (χ0n) is 14.4. The van der Waals surface area contributed by atoms with Gasteiger partial charge in [-0.15, -0.1) is 0 Å². The van der Waals surface area contributed by atoms with Crippen LogP contribution >= 0.6 is 0 Å². The van der Waals surface area contributed by atoms with Crippen molar-refractivity contribution in [2.24, 2.45) is 23.5 Å². The van der Waals surface area contributed by atoms with E-state index in [2.05, 4.69) is 26.1 Å². The predicted octanol–water partition coefficient (Wildman–Crippen LogP) is 2.71. The summed E-state index contributed by atoms with van der Waals surface area (Å²) in [6.07, 6.45) is 5.72. The maximum Gasteiger partial charge on any atom is 0.237 e. The molecule has 0 aliphatic heterocycles. The lowest BCUT2D eigenvalue weighted by molar-refractivity contribution is -0.124. The average molecular weight is 298 g/mol. The number of carbonyl (C=O) groups excluding carboxylic acids is 1. The van der Waals surface area contributed by atoms with Gasteiger partial charge in [0.05, 0.1) is 11.6 Å². The SMILES string of the molecule is CNC(C)(CCCOC1CC(C)CCC1C(C)C)C(N)=O. The molecule has 1 aliphatic carbocycles. The summed E-state index contributed by atoms with van der Waals surface area (Å²) in [6, 6.07) is 0. The topological polar surface area (TPSA) is 64.3 Å². The van der Waals surface area contributed by atoms with Crippen molar-refractivity contribution in [3.63, 3.8) is 0 Å². The fourth-order valence-electron chi connectivity index (χ4n) is 3.34. The van der Waals surface area contributed by atoms with E-state index in [1.165, 1.54) is 19.3 Å². The Labute approximate surface area is 130 Å². The molecule has 3 N–H and O–H groups in total. The molecule has 0 aromatic carbocycles. The van der Waals surface area contributed by atoms with Crippen LogP contribution in [0.4, 0.5) is 0 Å². The zero-order valence-corrected chi connectivity index (χ0v) is 14.4. The van der Waals surface area contributed by atoms with Gasteiger partial charge in [0.2, 0.25) is 5.91 Å². The molecule has 1 saturated carbocycles. The highest BCUT2D eigenvalue weighted by molar-refractivity contribution is 5.84. The standard InChI is InChI=1S/C17H34N2O2/c1-12(2)14-8-7-13(3)11-15(14)21-10-6-9-17(4,19-5)16(18)20/h12-15,19H,6-11H2,1-5H3,(H2,18,20). The number of amides is 1. The van der Waals surface area contributed by atoms with Gasteiger partial charge in [0.15, 0.2) is 0 Å². The van der Waals surface area contributed by atoms with Gasteiger partial charge >= 0.3 is 0 Å². The quantitative estimate of drug-likeness (QED) is 0.677. The number of rotatable bonds is 8. The molecule has 0 radical (unpaired) electrons. The summed E-state index contributed by atoms with van der Waals surface area (Å²) < 4.78 is 6.17. The summed E-state index contributed by atoms with van der Waals surface area (Å²) >= 11 is 0. The third-order valence-corrected chi connectivity index (χ3v) is 5.21. The minimum absolute atomic E-state index is 0.295. The van der Waals surface area contributed by atoms with Crippen LogP contribution in [-0.2, 0) is 9.53 Å². The Morgan fingerprint density at radius 2 is 2.10 bits per heavy atom. The number of ether oxygens (including phenoxy) is 1. The summed E-state index contributed by atoms with van der Waals surface area (Å²) in [4.78, 5) is 11.5. The Kier molecular flexibility index (Phi) is 7.14. The minimum atomic E-state index is -0.624. The Morgan fingerprint density at radius 3 is 2.62 bits per heavy atom.